The lowest BCUT2D eigenvalue weighted by molar-refractivity contribution is 0.255. The summed E-state index contributed by atoms with van der Waals surface area (Å²) >= 11 is 6.21. The Morgan fingerprint density at radius 2 is 2.17 bits per heavy atom. The van der Waals surface area contributed by atoms with E-state index in [1.54, 1.807) is 6.07 Å². The second-order valence-electron chi connectivity index (χ2n) is 6.24. The molecule has 1 aromatic rings. The molecular formula is C16H19ClN2O3S. The topological polar surface area (TPSA) is 70.4 Å². The predicted molar refractivity (Wildman–Crippen MR) is 87.0 cm³/mol. The van der Waals surface area contributed by atoms with Crippen LogP contribution in [0.3, 0.4) is 0 Å². The van der Waals surface area contributed by atoms with Crippen LogP contribution in [0.2, 0.25) is 5.02 Å². The van der Waals surface area contributed by atoms with Crippen molar-refractivity contribution in [2.24, 2.45) is 5.92 Å². The maximum atomic E-state index is 13.0. The van der Waals surface area contributed by atoms with Crippen LogP contribution < -0.4 is 4.74 Å². The lowest BCUT2D eigenvalue weighted by atomic mass is 10.1. The SMILES string of the molecule is CC1Cc2cc(S(=O)(=O)N(CCC#N)CC3CC3)cc(Cl)c2O1. The van der Waals surface area contributed by atoms with Crippen molar-refractivity contribution in [3.05, 3.63) is 22.7 Å². The van der Waals surface area contributed by atoms with Crippen LogP contribution in [0, 0.1) is 17.2 Å². The number of nitrogens with zero attached hydrogens (tertiary/aromatic N) is 2. The molecule has 3 rings (SSSR count). The Morgan fingerprint density at radius 1 is 1.43 bits per heavy atom. The van der Waals surface area contributed by atoms with Crippen LogP contribution in [0.5, 0.6) is 5.75 Å². The first-order valence-electron chi connectivity index (χ1n) is 7.78. The zero-order valence-electron chi connectivity index (χ0n) is 13.0. The van der Waals surface area contributed by atoms with Crippen molar-refractivity contribution < 1.29 is 13.2 Å². The molecule has 1 atom stereocenters. The monoisotopic (exact) mass is 354 g/mol. The molecule has 1 aliphatic heterocycles. The Kier molecular flexibility index (Phi) is 4.54. The van der Waals surface area contributed by atoms with Crippen LogP contribution in [-0.4, -0.2) is 31.9 Å². The molecule has 2 aliphatic rings. The van der Waals surface area contributed by atoms with Crippen molar-refractivity contribution in [3.8, 4) is 11.8 Å². The van der Waals surface area contributed by atoms with Gasteiger partial charge in [-0.2, -0.15) is 9.57 Å². The molecule has 23 heavy (non-hydrogen) atoms. The average molecular weight is 355 g/mol. The van der Waals surface area contributed by atoms with Gasteiger partial charge in [-0.25, -0.2) is 8.42 Å². The highest BCUT2D eigenvalue weighted by atomic mass is 35.5. The third kappa shape index (κ3) is 3.47. The summed E-state index contributed by atoms with van der Waals surface area (Å²) in [7, 11) is -3.65. The summed E-state index contributed by atoms with van der Waals surface area (Å²) in [5, 5.41) is 9.12. The van der Waals surface area contributed by atoms with Crippen LogP contribution in [0.4, 0.5) is 0 Å². The molecule has 1 fully saturated rings. The quantitative estimate of drug-likeness (QED) is 0.787. The maximum Gasteiger partial charge on any atom is 0.243 e. The Hall–Kier alpha value is -1.29. The van der Waals surface area contributed by atoms with E-state index in [9.17, 15) is 8.42 Å². The van der Waals surface area contributed by atoms with E-state index < -0.39 is 10.0 Å². The normalized spacial score (nSPS) is 20.2. The number of hydrogen-bond acceptors (Lipinski definition) is 4. The van der Waals surface area contributed by atoms with Gasteiger partial charge in [0.1, 0.15) is 11.9 Å². The van der Waals surface area contributed by atoms with Gasteiger partial charge in [0, 0.05) is 31.5 Å². The number of sulfonamides is 1. The highest BCUT2D eigenvalue weighted by molar-refractivity contribution is 7.89. The largest absolute Gasteiger partial charge is 0.489 e. The van der Waals surface area contributed by atoms with Gasteiger partial charge in [0.2, 0.25) is 10.0 Å². The molecule has 124 valence electrons. The van der Waals surface area contributed by atoms with E-state index in [-0.39, 0.29) is 24.0 Å². The van der Waals surface area contributed by atoms with Gasteiger partial charge in [-0.1, -0.05) is 11.6 Å². The van der Waals surface area contributed by atoms with E-state index in [1.165, 1.54) is 10.4 Å². The van der Waals surface area contributed by atoms with Crippen molar-refractivity contribution in [3.63, 3.8) is 0 Å². The Bertz CT molecular complexity index is 753. The van der Waals surface area contributed by atoms with E-state index in [2.05, 4.69) is 0 Å². The fourth-order valence-electron chi connectivity index (χ4n) is 2.83. The molecule has 7 heteroatoms. The summed E-state index contributed by atoms with van der Waals surface area (Å²) in [6.07, 6.45) is 2.94. The van der Waals surface area contributed by atoms with E-state index >= 15 is 0 Å². The van der Waals surface area contributed by atoms with E-state index in [0.29, 0.717) is 29.7 Å². The Labute approximate surface area is 141 Å². The van der Waals surface area contributed by atoms with Crippen molar-refractivity contribution >= 4 is 21.6 Å². The number of rotatable bonds is 6. The minimum Gasteiger partial charge on any atom is -0.489 e. The Balaban J connectivity index is 1.93. The predicted octanol–water partition coefficient (Wildman–Crippen LogP) is 2.98. The molecular weight excluding hydrogens is 336 g/mol. The van der Waals surface area contributed by atoms with Crippen molar-refractivity contribution in [1.82, 2.24) is 4.31 Å². The lowest BCUT2D eigenvalue weighted by Crippen LogP contribution is -2.33. The van der Waals surface area contributed by atoms with Gasteiger partial charge in [-0.15, -0.1) is 0 Å². The second-order valence-corrected chi connectivity index (χ2v) is 8.59. The van der Waals surface area contributed by atoms with E-state index in [4.69, 9.17) is 21.6 Å². The minimum atomic E-state index is -3.65. The first-order valence-corrected chi connectivity index (χ1v) is 9.60. The van der Waals surface area contributed by atoms with Gasteiger partial charge < -0.3 is 4.74 Å². The number of ether oxygens (including phenoxy) is 1. The molecule has 0 N–H and O–H groups in total. The smallest absolute Gasteiger partial charge is 0.243 e. The van der Waals surface area contributed by atoms with E-state index in [0.717, 1.165) is 18.4 Å². The van der Waals surface area contributed by atoms with Gasteiger partial charge in [0.05, 0.1) is 16.0 Å². The molecule has 0 radical (unpaired) electrons. The van der Waals surface area contributed by atoms with Crippen LogP contribution in [-0.2, 0) is 16.4 Å². The average Bonchev–Trinajstić information content (AvgIpc) is 3.23. The van der Waals surface area contributed by atoms with Gasteiger partial charge >= 0.3 is 0 Å². The van der Waals surface area contributed by atoms with Crippen molar-refractivity contribution in [2.75, 3.05) is 13.1 Å². The third-order valence-corrected chi connectivity index (χ3v) is 6.31. The zero-order valence-corrected chi connectivity index (χ0v) is 14.5. The molecule has 0 saturated heterocycles. The zero-order chi connectivity index (χ0) is 16.6. The first-order chi connectivity index (χ1) is 10.9. The van der Waals surface area contributed by atoms with Gasteiger partial charge in [-0.3, -0.25) is 0 Å². The molecule has 1 unspecified atom stereocenters. The summed E-state index contributed by atoms with van der Waals surface area (Å²) in [6, 6.07) is 5.14. The maximum absolute atomic E-state index is 13.0. The summed E-state index contributed by atoms with van der Waals surface area (Å²) in [5.74, 6) is 1.00. The van der Waals surface area contributed by atoms with Crippen molar-refractivity contribution in [1.29, 1.82) is 5.26 Å². The molecule has 1 heterocycles. The van der Waals surface area contributed by atoms with Gasteiger partial charge in [-0.05, 0) is 37.8 Å². The summed E-state index contributed by atoms with van der Waals surface area (Å²) in [6.45, 7) is 2.62. The molecule has 0 spiro atoms. The standard InChI is InChI=1S/C16H19ClN2O3S/c1-11-7-13-8-14(9-15(17)16(13)22-11)23(20,21)19(6-2-5-18)10-12-3-4-12/h8-9,11-12H,2-4,6-7,10H2,1H3. The van der Waals surface area contributed by atoms with Crippen LogP contribution >= 0.6 is 11.6 Å². The number of hydrogen-bond donors (Lipinski definition) is 0. The van der Waals surface area contributed by atoms with Gasteiger partial charge in [0.15, 0.2) is 0 Å². The molecule has 5 nitrogen and oxygen atoms in total. The summed E-state index contributed by atoms with van der Waals surface area (Å²) in [5.41, 5.74) is 0.829. The Morgan fingerprint density at radius 3 is 2.83 bits per heavy atom. The van der Waals surface area contributed by atoms with Crippen molar-refractivity contribution in [2.45, 2.75) is 43.6 Å². The highest BCUT2D eigenvalue weighted by Gasteiger charge is 2.33. The molecule has 1 saturated carbocycles. The van der Waals surface area contributed by atoms with Crippen LogP contribution in [0.25, 0.3) is 0 Å². The molecule has 1 aliphatic carbocycles. The highest BCUT2D eigenvalue weighted by Crippen LogP contribution is 2.39. The molecule has 0 bridgehead atoms. The minimum absolute atomic E-state index is 0.00149. The molecule has 1 aromatic carbocycles. The second kappa shape index (κ2) is 6.31. The molecule has 0 aromatic heterocycles. The fraction of sp³-hybridized carbons (Fsp3) is 0.562. The third-order valence-electron chi connectivity index (χ3n) is 4.19. The summed E-state index contributed by atoms with van der Waals surface area (Å²) in [4.78, 5) is 0.192. The number of nitriles is 1. The first kappa shape index (κ1) is 16.6. The van der Waals surface area contributed by atoms with Gasteiger partial charge in [0.25, 0.3) is 0 Å². The number of halogens is 1. The number of benzene rings is 1. The lowest BCUT2D eigenvalue weighted by Gasteiger charge is -2.21. The van der Waals surface area contributed by atoms with Crippen LogP contribution in [0.1, 0.15) is 31.7 Å². The summed E-state index contributed by atoms with van der Waals surface area (Å²) < 4.78 is 32.9. The number of fused-ring (bicyclic) bond motifs is 1. The molecule has 0 amide bonds. The van der Waals surface area contributed by atoms with E-state index in [1.807, 2.05) is 13.0 Å². The van der Waals surface area contributed by atoms with Crippen LogP contribution in [0.15, 0.2) is 17.0 Å². The fourth-order valence-corrected chi connectivity index (χ4v) is 4.77.